The van der Waals surface area contributed by atoms with Gasteiger partial charge in [0, 0.05) is 42.5 Å². The lowest BCUT2D eigenvalue weighted by Gasteiger charge is -2.12. The molecule has 0 spiro atoms. The van der Waals surface area contributed by atoms with E-state index in [-0.39, 0.29) is 18.4 Å². The third-order valence-electron chi connectivity index (χ3n) is 5.01. The molecular weight excluding hydrogens is 362 g/mol. The van der Waals surface area contributed by atoms with E-state index in [1.807, 2.05) is 24.0 Å². The van der Waals surface area contributed by atoms with Gasteiger partial charge in [0.05, 0.1) is 11.4 Å². The Hall–Kier alpha value is -2.25. The van der Waals surface area contributed by atoms with E-state index in [4.69, 9.17) is 5.73 Å². The molecule has 3 N–H and O–H groups in total. The van der Waals surface area contributed by atoms with Crippen molar-refractivity contribution in [2.24, 2.45) is 12.8 Å². The fourth-order valence-corrected chi connectivity index (χ4v) is 3.65. The second kappa shape index (κ2) is 7.78. The number of aromatic nitrogens is 5. The minimum Gasteiger partial charge on any atom is -0.351 e. The van der Waals surface area contributed by atoms with E-state index in [9.17, 15) is 0 Å². The molecule has 3 aromatic heterocycles. The molecule has 1 aliphatic rings. The molecule has 3 heterocycles. The van der Waals surface area contributed by atoms with Crippen molar-refractivity contribution in [3.63, 3.8) is 0 Å². The summed E-state index contributed by atoms with van der Waals surface area (Å²) < 4.78 is 1.84. The Morgan fingerprint density at radius 1 is 1.26 bits per heavy atom. The lowest BCUT2D eigenvalue weighted by Crippen LogP contribution is -2.21. The van der Waals surface area contributed by atoms with Crippen LogP contribution >= 0.6 is 12.4 Å². The number of nitrogens with two attached hydrogens (primary N) is 1. The van der Waals surface area contributed by atoms with Crippen molar-refractivity contribution >= 4 is 29.4 Å². The number of nitrogens with one attached hydrogen (secondary N) is 1. The maximum atomic E-state index is 6.00. The van der Waals surface area contributed by atoms with Crippen molar-refractivity contribution in [3.05, 3.63) is 30.2 Å². The smallest absolute Gasteiger partial charge is 0.223 e. The van der Waals surface area contributed by atoms with E-state index in [2.05, 4.69) is 45.3 Å². The molecule has 1 aliphatic carbocycles. The molecule has 144 valence electrons. The molecule has 0 radical (unpaired) electrons. The van der Waals surface area contributed by atoms with Gasteiger partial charge >= 0.3 is 0 Å². The summed E-state index contributed by atoms with van der Waals surface area (Å²) >= 11 is 0. The van der Waals surface area contributed by atoms with Crippen molar-refractivity contribution < 1.29 is 0 Å². The van der Waals surface area contributed by atoms with Crippen LogP contribution in [-0.4, -0.2) is 36.8 Å². The Bertz CT molecular complexity index is 937. The van der Waals surface area contributed by atoms with Crippen LogP contribution < -0.4 is 11.1 Å². The maximum absolute atomic E-state index is 6.00. The van der Waals surface area contributed by atoms with Crippen LogP contribution in [0.1, 0.15) is 44.7 Å². The number of pyridine rings is 1. The molecule has 2 atom stereocenters. The van der Waals surface area contributed by atoms with Crippen molar-refractivity contribution in [3.8, 4) is 11.3 Å². The predicted molar refractivity (Wildman–Crippen MR) is 110 cm³/mol. The van der Waals surface area contributed by atoms with Crippen LogP contribution in [0.15, 0.2) is 24.5 Å². The molecule has 0 unspecified atom stereocenters. The fraction of sp³-hybridized carbons (Fsp3) is 0.474. The summed E-state index contributed by atoms with van der Waals surface area (Å²) in [6.07, 6.45) is 6.73. The normalized spacial score (nSPS) is 19.4. The van der Waals surface area contributed by atoms with Gasteiger partial charge in [0.15, 0.2) is 5.65 Å². The van der Waals surface area contributed by atoms with E-state index in [1.54, 1.807) is 6.20 Å². The molecule has 27 heavy (non-hydrogen) atoms. The first-order valence-corrected chi connectivity index (χ1v) is 9.19. The zero-order valence-electron chi connectivity index (χ0n) is 15.9. The standard InChI is InChI=1S/C19H25N7.ClH/c1-11(2)17-15-8-12(10-22-18(15)26(3)25-17)16-6-7-21-19(24-16)23-14-5-4-13(20)9-14;/h6-8,10-11,13-14H,4-5,9,20H2,1-3H3,(H,21,23,24);1H/t13-,14-;/m0./s1. The number of anilines is 1. The van der Waals surface area contributed by atoms with Crippen LogP contribution in [0.25, 0.3) is 22.3 Å². The minimum absolute atomic E-state index is 0. The van der Waals surface area contributed by atoms with Gasteiger partial charge in [-0.1, -0.05) is 13.8 Å². The van der Waals surface area contributed by atoms with Gasteiger partial charge in [-0.2, -0.15) is 5.10 Å². The van der Waals surface area contributed by atoms with Gasteiger partial charge in [-0.25, -0.2) is 15.0 Å². The largest absolute Gasteiger partial charge is 0.351 e. The molecule has 1 fully saturated rings. The highest BCUT2D eigenvalue weighted by Crippen LogP contribution is 2.28. The predicted octanol–water partition coefficient (Wildman–Crippen LogP) is 3.26. The quantitative estimate of drug-likeness (QED) is 0.713. The van der Waals surface area contributed by atoms with Crippen LogP contribution in [0.3, 0.4) is 0 Å². The van der Waals surface area contributed by atoms with Crippen LogP contribution in [0.4, 0.5) is 5.95 Å². The van der Waals surface area contributed by atoms with Gasteiger partial charge in [0.25, 0.3) is 0 Å². The van der Waals surface area contributed by atoms with Crippen molar-refractivity contribution in [2.75, 3.05) is 5.32 Å². The minimum atomic E-state index is 0. The first kappa shape index (κ1) is 19.5. The number of aryl methyl sites for hydroxylation is 1. The summed E-state index contributed by atoms with van der Waals surface area (Å²) in [5.74, 6) is 0.988. The number of hydrogen-bond acceptors (Lipinski definition) is 6. The van der Waals surface area contributed by atoms with Crippen LogP contribution in [-0.2, 0) is 7.05 Å². The number of rotatable bonds is 4. The van der Waals surface area contributed by atoms with Gasteiger partial charge in [0.2, 0.25) is 5.95 Å². The average molecular weight is 388 g/mol. The van der Waals surface area contributed by atoms with Gasteiger partial charge in [-0.05, 0) is 37.3 Å². The Labute approximate surface area is 165 Å². The number of halogens is 1. The molecule has 4 rings (SSSR count). The second-order valence-electron chi connectivity index (χ2n) is 7.44. The lowest BCUT2D eigenvalue weighted by molar-refractivity contribution is 0.685. The topological polar surface area (TPSA) is 94.5 Å². The van der Waals surface area contributed by atoms with Crippen LogP contribution in [0, 0.1) is 0 Å². The summed E-state index contributed by atoms with van der Waals surface area (Å²) in [7, 11) is 1.93. The highest BCUT2D eigenvalue weighted by Gasteiger charge is 2.22. The van der Waals surface area contributed by atoms with Crippen molar-refractivity contribution in [1.82, 2.24) is 24.7 Å². The molecule has 7 nitrogen and oxygen atoms in total. The lowest BCUT2D eigenvalue weighted by atomic mass is 10.1. The maximum Gasteiger partial charge on any atom is 0.223 e. The van der Waals surface area contributed by atoms with Gasteiger partial charge in [-0.15, -0.1) is 12.4 Å². The Kier molecular flexibility index (Phi) is 5.62. The zero-order valence-corrected chi connectivity index (χ0v) is 16.7. The third kappa shape index (κ3) is 3.89. The molecule has 8 heteroatoms. The monoisotopic (exact) mass is 387 g/mol. The summed E-state index contributed by atoms with van der Waals surface area (Å²) in [6.45, 7) is 4.29. The molecule has 0 aliphatic heterocycles. The SMILES string of the molecule is CC(C)c1nn(C)c2ncc(-c3ccnc(N[C@H]4CC[C@H](N)C4)n3)cc12.Cl. The summed E-state index contributed by atoms with van der Waals surface area (Å²) in [5, 5.41) is 9.11. The van der Waals surface area contributed by atoms with Crippen molar-refractivity contribution in [2.45, 2.75) is 51.1 Å². The second-order valence-corrected chi connectivity index (χ2v) is 7.44. The number of nitrogens with zero attached hydrogens (tertiary/aromatic N) is 5. The Morgan fingerprint density at radius 2 is 2.07 bits per heavy atom. The first-order chi connectivity index (χ1) is 12.5. The van der Waals surface area contributed by atoms with E-state index in [0.29, 0.717) is 17.9 Å². The molecule has 1 saturated carbocycles. The van der Waals surface area contributed by atoms with Crippen LogP contribution in [0.5, 0.6) is 0 Å². The Balaban J connectivity index is 0.00000210. The van der Waals surface area contributed by atoms with Crippen molar-refractivity contribution in [1.29, 1.82) is 0 Å². The molecule has 3 aromatic rings. The third-order valence-corrected chi connectivity index (χ3v) is 5.01. The molecule has 0 aromatic carbocycles. The van der Waals surface area contributed by atoms with Gasteiger partial charge < -0.3 is 11.1 Å². The first-order valence-electron chi connectivity index (χ1n) is 9.19. The van der Waals surface area contributed by atoms with E-state index >= 15 is 0 Å². The highest BCUT2D eigenvalue weighted by molar-refractivity contribution is 5.85. The van der Waals surface area contributed by atoms with Gasteiger partial charge in [-0.3, -0.25) is 4.68 Å². The zero-order chi connectivity index (χ0) is 18.3. The van der Waals surface area contributed by atoms with Gasteiger partial charge in [0.1, 0.15) is 0 Å². The number of fused-ring (bicyclic) bond motifs is 1. The Morgan fingerprint density at radius 3 is 2.78 bits per heavy atom. The average Bonchev–Trinajstić information content (AvgIpc) is 3.18. The fourth-order valence-electron chi connectivity index (χ4n) is 3.65. The molecule has 0 saturated heterocycles. The van der Waals surface area contributed by atoms with E-state index in [1.165, 1.54) is 0 Å². The summed E-state index contributed by atoms with van der Waals surface area (Å²) in [6, 6.07) is 4.68. The summed E-state index contributed by atoms with van der Waals surface area (Å²) in [5.41, 5.74) is 9.78. The number of hydrogen-bond donors (Lipinski definition) is 2. The highest BCUT2D eigenvalue weighted by atomic mass is 35.5. The molecular formula is C19H26ClN7. The molecule has 0 amide bonds. The van der Waals surface area contributed by atoms with Crippen LogP contribution in [0.2, 0.25) is 0 Å². The summed E-state index contributed by atoms with van der Waals surface area (Å²) in [4.78, 5) is 13.7. The molecule has 0 bridgehead atoms. The van der Waals surface area contributed by atoms with E-state index in [0.717, 1.165) is 47.2 Å². The van der Waals surface area contributed by atoms with E-state index < -0.39 is 0 Å².